The van der Waals surface area contributed by atoms with Gasteiger partial charge < -0.3 is 14.9 Å². The zero-order chi connectivity index (χ0) is 18.4. The molecule has 0 unspecified atom stereocenters. The van der Waals surface area contributed by atoms with Gasteiger partial charge in [-0.05, 0) is 35.9 Å². The summed E-state index contributed by atoms with van der Waals surface area (Å²) in [5, 5.41) is 9.91. The Morgan fingerprint density at radius 2 is 2.00 bits per heavy atom. The second kappa shape index (κ2) is 6.00. The predicted molar refractivity (Wildman–Crippen MR) is 95.9 cm³/mol. The first-order chi connectivity index (χ1) is 12.5. The van der Waals surface area contributed by atoms with E-state index in [1.54, 1.807) is 24.3 Å². The number of nitrogens with two attached hydrogens (primary N) is 1. The number of rotatable bonds is 1. The van der Waals surface area contributed by atoms with Crippen LogP contribution in [0, 0.1) is 17.1 Å². The topological polar surface area (TPSA) is 89.2 Å². The Labute approximate surface area is 155 Å². The average molecular weight is 413 g/mol. The Morgan fingerprint density at radius 1 is 1.23 bits per heavy atom. The number of hydrogen-bond donors (Lipinski definition) is 1. The molecule has 0 aliphatic carbocycles. The fourth-order valence-corrected chi connectivity index (χ4v) is 3.54. The lowest BCUT2D eigenvalue weighted by Gasteiger charge is -2.25. The molecule has 1 aliphatic heterocycles. The molecule has 5 nitrogen and oxygen atoms in total. The van der Waals surface area contributed by atoms with Gasteiger partial charge in [0.05, 0.1) is 16.9 Å². The monoisotopic (exact) mass is 412 g/mol. The van der Waals surface area contributed by atoms with E-state index in [4.69, 9.17) is 14.9 Å². The maximum atomic E-state index is 13.9. The molecule has 7 heteroatoms. The molecule has 1 atom stereocenters. The third kappa shape index (κ3) is 2.38. The summed E-state index contributed by atoms with van der Waals surface area (Å²) in [7, 11) is 0. The van der Waals surface area contributed by atoms with Gasteiger partial charge in [-0.1, -0.05) is 28.1 Å². The van der Waals surface area contributed by atoms with Gasteiger partial charge in [0.15, 0.2) is 0 Å². The molecule has 2 heterocycles. The van der Waals surface area contributed by atoms with Crippen LogP contribution in [-0.2, 0) is 0 Å². The van der Waals surface area contributed by atoms with Gasteiger partial charge in [-0.25, -0.2) is 4.39 Å². The van der Waals surface area contributed by atoms with Crippen LogP contribution in [0.2, 0.25) is 0 Å². The molecule has 2 aromatic carbocycles. The number of ether oxygens (including phenoxy) is 1. The first-order valence-electron chi connectivity index (χ1n) is 7.59. The number of nitrogens with zero attached hydrogens (tertiary/aromatic N) is 1. The zero-order valence-electron chi connectivity index (χ0n) is 13.1. The van der Waals surface area contributed by atoms with Crippen LogP contribution in [0.1, 0.15) is 17.0 Å². The lowest BCUT2D eigenvalue weighted by molar-refractivity contribution is 0.295. The lowest BCUT2D eigenvalue weighted by Crippen LogP contribution is -2.26. The second-order valence-corrected chi connectivity index (χ2v) is 6.57. The van der Waals surface area contributed by atoms with Crippen molar-refractivity contribution in [2.24, 2.45) is 5.73 Å². The van der Waals surface area contributed by atoms with Crippen LogP contribution in [0.15, 0.2) is 67.6 Å². The Morgan fingerprint density at radius 3 is 2.77 bits per heavy atom. The van der Waals surface area contributed by atoms with Crippen molar-refractivity contribution in [1.82, 2.24) is 0 Å². The summed E-state index contributed by atoms with van der Waals surface area (Å²) >= 11 is 3.36. The molecular formula is C19H10BrFN2O3. The van der Waals surface area contributed by atoms with Crippen LogP contribution < -0.4 is 15.9 Å². The van der Waals surface area contributed by atoms with Crippen LogP contribution in [0.3, 0.4) is 0 Å². The minimum Gasteiger partial charge on any atom is -0.425 e. The van der Waals surface area contributed by atoms with E-state index in [0.29, 0.717) is 21.0 Å². The number of para-hydroxylation sites is 1. The van der Waals surface area contributed by atoms with Crippen LogP contribution in [-0.4, -0.2) is 0 Å². The van der Waals surface area contributed by atoms with Gasteiger partial charge in [0.25, 0.3) is 5.95 Å². The molecule has 4 rings (SSSR count). The van der Waals surface area contributed by atoms with Crippen molar-refractivity contribution in [3.8, 4) is 12.0 Å². The molecule has 128 valence electrons. The van der Waals surface area contributed by atoms with Crippen molar-refractivity contribution < 1.29 is 13.5 Å². The number of hydrogen-bond acceptors (Lipinski definition) is 5. The average Bonchev–Trinajstić information content (AvgIpc) is 2.63. The Hall–Kier alpha value is -3.11. The summed E-state index contributed by atoms with van der Waals surface area (Å²) in [6.07, 6.45) is 0. The van der Waals surface area contributed by atoms with Crippen LogP contribution in [0.25, 0.3) is 11.0 Å². The van der Waals surface area contributed by atoms with E-state index in [1.165, 1.54) is 18.2 Å². The second-order valence-electron chi connectivity index (χ2n) is 5.72. The molecule has 0 saturated carbocycles. The highest BCUT2D eigenvalue weighted by atomic mass is 79.9. The number of benzene rings is 2. The Balaban J connectivity index is 2.11. The molecule has 0 saturated heterocycles. The highest BCUT2D eigenvalue weighted by molar-refractivity contribution is 9.10. The summed E-state index contributed by atoms with van der Waals surface area (Å²) in [6, 6.07) is 12.7. The number of fused-ring (bicyclic) bond motifs is 2. The maximum absolute atomic E-state index is 13.9. The molecule has 0 amide bonds. The van der Waals surface area contributed by atoms with Crippen LogP contribution >= 0.6 is 15.9 Å². The first kappa shape index (κ1) is 16.4. The summed E-state index contributed by atoms with van der Waals surface area (Å²) in [6.45, 7) is 0. The maximum Gasteiger partial charge on any atom is 0.300 e. The molecule has 3 aromatic rings. The van der Waals surface area contributed by atoms with E-state index in [0.717, 1.165) is 0 Å². The quantitative estimate of drug-likeness (QED) is 0.654. The predicted octanol–water partition coefficient (Wildman–Crippen LogP) is 3.91. The van der Waals surface area contributed by atoms with Crippen molar-refractivity contribution in [2.75, 3.05) is 0 Å². The van der Waals surface area contributed by atoms with E-state index in [9.17, 15) is 14.4 Å². The third-order valence-electron chi connectivity index (χ3n) is 4.23. The Kier molecular flexibility index (Phi) is 3.78. The molecule has 0 spiro atoms. The summed E-state index contributed by atoms with van der Waals surface area (Å²) < 4.78 is 25.5. The van der Waals surface area contributed by atoms with Crippen LogP contribution in [0.5, 0.6) is 5.95 Å². The molecule has 1 aliphatic rings. The number of halogens is 2. The van der Waals surface area contributed by atoms with Gasteiger partial charge in [-0.2, -0.15) is 5.26 Å². The van der Waals surface area contributed by atoms with Gasteiger partial charge >= 0.3 is 0 Å². The van der Waals surface area contributed by atoms with E-state index >= 15 is 0 Å². The molecule has 2 N–H and O–H groups in total. The number of allylic oxidation sites excluding steroid dienone is 1. The van der Waals surface area contributed by atoms with Gasteiger partial charge in [-0.15, -0.1) is 0 Å². The van der Waals surface area contributed by atoms with E-state index in [2.05, 4.69) is 15.9 Å². The molecule has 0 bridgehead atoms. The molecule has 1 aromatic heterocycles. The zero-order valence-corrected chi connectivity index (χ0v) is 14.7. The van der Waals surface area contributed by atoms with E-state index < -0.39 is 11.7 Å². The normalized spacial score (nSPS) is 16.1. The van der Waals surface area contributed by atoms with Crippen molar-refractivity contribution in [3.63, 3.8) is 0 Å². The highest BCUT2D eigenvalue weighted by Gasteiger charge is 2.36. The smallest absolute Gasteiger partial charge is 0.300 e. The fraction of sp³-hybridized carbons (Fsp3) is 0.0526. The summed E-state index contributed by atoms with van der Waals surface area (Å²) in [5.41, 5.74) is 6.37. The van der Waals surface area contributed by atoms with Crippen molar-refractivity contribution >= 4 is 26.9 Å². The SMILES string of the molecule is N#CC1=C(N)Oc2oc3ccccc3c(=O)c2[C@H]1c1cc(F)ccc1Br. The Bertz CT molecular complexity index is 1190. The van der Waals surface area contributed by atoms with Gasteiger partial charge in [-0.3, -0.25) is 4.79 Å². The fourth-order valence-electron chi connectivity index (χ4n) is 3.07. The minimum absolute atomic E-state index is 0.0198. The molecule has 26 heavy (non-hydrogen) atoms. The number of nitriles is 1. The third-order valence-corrected chi connectivity index (χ3v) is 4.96. The summed E-state index contributed by atoms with van der Waals surface area (Å²) in [5.74, 6) is -1.68. The van der Waals surface area contributed by atoms with Gasteiger partial charge in [0.1, 0.15) is 23.0 Å². The van der Waals surface area contributed by atoms with E-state index in [1.807, 2.05) is 6.07 Å². The van der Waals surface area contributed by atoms with Crippen molar-refractivity contribution in [1.29, 1.82) is 5.26 Å². The van der Waals surface area contributed by atoms with Crippen molar-refractivity contribution in [2.45, 2.75) is 5.92 Å². The minimum atomic E-state index is -0.908. The van der Waals surface area contributed by atoms with Crippen molar-refractivity contribution in [3.05, 3.63) is 85.6 Å². The molecule has 0 fully saturated rings. The van der Waals surface area contributed by atoms with Gasteiger partial charge in [0.2, 0.25) is 11.3 Å². The standard InChI is InChI=1S/C19H10BrFN2O3/c20-13-6-5-9(21)7-11(13)15-12(8-22)18(23)26-19-16(15)17(24)10-3-1-2-4-14(10)25-19/h1-7,15H,23H2/t15-/m0/s1. The molecule has 0 radical (unpaired) electrons. The summed E-state index contributed by atoms with van der Waals surface area (Å²) in [4.78, 5) is 13.1. The van der Waals surface area contributed by atoms with Crippen LogP contribution in [0.4, 0.5) is 4.39 Å². The highest BCUT2D eigenvalue weighted by Crippen LogP contribution is 2.43. The van der Waals surface area contributed by atoms with Gasteiger partial charge in [0, 0.05) is 4.47 Å². The van der Waals surface area contributed by atoms with E-state index in [-0.39, 0.29) is 28.4 Å². The first-order valence-corrected chi connectivity index (χ1v) is 8.39. The lowest BCUT2D eigenvalue weighted by atomic mass is 9.84. The molecular weight excluding hydrogens is 403 g/mol. The largest absolute Gasteiger partial charge is 0.425 e.